The van der Waals surface area contributed by atoms with Crippen LogP contribution in [0.5, 0.6) is 0 Å². The molecule has 1 unspecified atom stereocenters. The number of aromatic nitrogens is 2. The Hall–Kier alpha value is -3.94. The first-order valence-corrected chi connectivity index (χ1v) is 16.5. The zero-order valence-corrected chi connectivity index (χ0v) is 27.3. The third-order valence-electron chi connectivity index (χ3n) is 8.59. The van der Waals surface area contributed by atoms with Crippen LogP contribution in [-0.2, 0) is 11.2 Å². The molecule has 4 aromatic rings. The van der Waals surface area contributed by atoms with Crippen molar-refractivity contribution in [3.8, 4) is 5.69 Å². The molecule has 45 heavy (non-hydrogen) atoms. The summed E-state index contributed by atoms with van der Waals surface area (Å²) < 4.78 is 1.77. The van der Waals surface area contributed by atoms with E-state index in [4.69, 9.17) is 16.7 Å². The lowest BCUT2D eigenvalue weighted by Gasteiger charge is -2.33. The van der Waals surface area contributed by atoms with Crippen LogP contribution in [0, 0.1) is 5.92 Å². The number of likely N-dealkylation sites (tertiary alicyclic amines) is 1. The highest BCUT2D eigenvalue weighted by Crippen LogP contribution is 2.30. The van der Waals surface area contributed by atoms with Gasteiger partial charge in [-0.05, 0) is 92.2 Å². The largest absolute Gasteiger partial charge is 0.345 e. The SMILES string of the molecule is CCCc1nn(-c2ccc(Cl)cc2)cc1C(=O)NC(CCN1CCC(c2cccc(NC(=O)C(C)C)c2)CC1)c1ccccc1. The molecule has 2 N–H and O–H groups in total. The van der Waals surface area contributed by atoms with Gasteiger partial charge in [0.2, 0.25) is 5.91 Å². The standard InChI is InChI=1S/C37H44ClN5O2/c1-4-9-35-33(25-43(41-35)32-16-14-30(38)15-17-32)37(45)40-34(28-10-6-5-7-11-28)20-23-42-21-18-27(19-22-42)29-12-8-13-31(24-29)39-36(44)26(2)3/h5-8,10-17,24-27,34H,4,9,18-23H2,1-3H3,(H,39,44)(H,40,45). The van der Waals surface area contributed by atoms with E-state index >= 15 is 0 Å². The highest BCUT2D eigenvalue weighted by Gasteiger charge is 2.24. The van der Waals surface area contributed by atoms with Crippen LogP contribution in [0.2, 0.25) is 5.02 Å². The molecule has 8 heteroatoms. The highest BCUT2D eigenvalue weighted by molar-refractivity contribution is 6.30. The molecule has 1 atom stereocenters. The van der Waals surface area contributed by atoms with Crippen LogP contribution in [0.15, 0.2) is 85.1 Å². The fourth-order valence-corrected chi connectivity index (χ4v) is 6.07. The minimum Gasteiger partial charge on any atom is -0.345 e. The van der Waals surface area contributed by atoms with E-state index in [0.717, 1.165) is 74.4 Å². The molecular formula is C37H44ClN5O2. The molecule has 2 heterocycles. The molecule has 1 fully saturated rings. The van der Waals surface area contributed by atoms with Crippen molar-refractivity contribution in [2.75, 3.05) is 25.0 Å². The summed E-state index contributed by atoms with van der Waals surface area (Å²) in [5, 5.41) is 11.8. The summed E-state index contributed by atoms with van der Waals surface area (Å²) in [5.74, 6) is 0.359. The van der Waals surface area contributed by atoms with Crippen LogP contribution in [-0.4, -0.2) is 46.1 Å². The van der Waals surface area contributed by atoms with Crippen LogP contribution in [0.25, 0.3) is 5.69 Å². The topological polar surface area (TPSA) is 79.3 Å². The van der Waals surface area contributed by atoms with Gasteiger partial charge in [-0.2, -0.15) is 5.10 Å². The minimum atomic E-state index is -0.119. The number of nitrogens with zero attached hydrogens (tertiary/aromatic N) is 3. The average molecular weight is 626 g/mol. The molecule has 7 nitrogen and oxygen atoms in total. The van der Waals surface area contributed by atoms with Crippen molar-refractivity contribution in [2.24, 2.45) is 5.92 Å². The minimum absolute atomic E-state index is 0.0407. The van der Waals surface area contributed by atoms with Crippen LogP contribution in [0.1, 0.15) is 85.6 Å². The molecule has 0 radical (unpaired) electrons. The third kappa shape index (κ3) is 8.62. The van der Waals surface area contributed by atoms with Crippen molar-refractivity contribution in [1.82, 2.24) is 20.0 Å². The van der Waals surface area contributed by atoms with Crippen molar-refractivity contribution in [2.45, 2.75) is 64.8 Å². The van der Waals surface area contributed by atoms with Gasteiger partial charge in [-0.3, -0.25) is 9.59 Å². The number of carbonyl (C=O) groups is 2. The van der Waals surface area contributed by atoms with Crippen LogP contribution >= 0.6 is 11.6 Å². The number of carbonyl (C=O) groups excluding carboxylic acids is 2. The number of hydrogen-bond acceptors (Lipinski definition) is 4. The van der Waals surface area contributed by atoms with E-state index in [1.165, 1.54) is 5.56 Å². The number of piperidine rings is 1. The van der Waals surface area contributed by atoms with Crippen molar-refractivity contribution in [3.63, 3.8) is 0 Å². The molecule has 2 amide bonds. The molecule has 1 aliphatic heterocycles. The summed E-state index contributed by atoms with van der Waals surface area (Å²) >= 11 is 6.09. The molecule has 0 spiro atoms. The summed E-state index contributed by atoms with van der Waals surface area (Å²) in [6.07, 6.45) is 6.39. The van der Waals surface area contributed by atoms with Crippen LogP contribution in [0.3, 0.4) is 0 Å². The summed E-state index contributed by atoms with van der Waals surface area (Å²) in [4.78, 5) is 28.5. The second kappa shape index (κ2) is 15.4. The molecule has 3 aromatic carbocycles. The summed E-state index contributed by atoms with van der Waals surface area (Å²) in [6.45, 7) is 8.80. The van der Waals surface area contributed by atoms with Gasteiger partial charge in [-0.1, -0.05) is 81.3 Å². The molecule has 0 bridgehead atoms. The molecule has 5 rings (SSSR count). The van der Waals surface area contributed by atoms with E-state index in [0.29, 0.717) is 16.5 Å². The second-order valence-electron chi connectivity index (χ2n) is 12.3. The van der Waals surface area contributed by atoms with Gasteiger partial charge < -0.3 is 15.5 Å². The van der Waals surface area contributed by atoms with E-state index in [9.17, 15) is 9.59 Å². The van der Waals surface area contributed by atoms with E-state index in [1.807, 2.05) is 74.6 Å². The maximum Gasteiger partial charge on any atom is 0.255 e. The molecule has 236 valence electrons. The van der Waals surface area contributed by atoms with Gasteiger partial charge in [0.25, 0.3) is 5.91 Å². The predicted molar refractivity (Wildman–Crippen MR) is 182 cm³/mol. The first-order valence-electron chi connectivity index (χ1n) is 16.1. The summed E-state index contributed by atoms with van der Waals surface area (Å²) in [5.41, 5.74) is 5.53. The van der Waals surface area contributed by atoms with Gasteiger partial charge in [0, 0.05) is 29.4 Å². The van der Waals surface area contributed by atoms with Gasteiger partial charge in [0.1, 0.15) is 0 Å². The number of aryl methyl sites for hydroxylation is 1. The molecule has 1 aliphatic rings. The molecule has 0 saturated carbocycles. The molecule has 1 saturated heterocycles. The highest BCUT2D eigenvalue weighted by atomic mass is 35.5. The van der Waals surface area contributed by atoms with Crippen molar-refractivity contribution >= 4 is 29.1 Å². The first kappa shape index (κ1) is 32.5. The van der Waals surface area contributed by atoms with Gasteiger partial charge in [0.15, 0.2) is 0 Å². The van der Waals surface area contributed by atoms with Crippen LogP contribution < -0.4 is 10.6 Å². The average Bonchev–Trinajstić information content (AvgIpc) is 3.48. The van der Waals surface area contributed by atoms with Gasteiger partial charge in [-0.15, -0.1) is 0 Å². The fourth-order valence-electron chi connectivity index (χ4n) is 5.95. The number of halogens is 1. The number of hydrogen-bond donors (Lipinski definition) is 2. The Labute approximate surface area is 272 Å². The monoisotopic (exact) mass is 625 g/mol. The third-order valence-corrected chi connectivity index (χ3v) is 8.84. The quantitative estimate of drug-likeness (QED) is 0.168. The van der Waals surface area contributed by atoms with E-state index in [1.54, 1.807) is 4.68 Å². The zero-order chi connectivity index (χ0) is 31.8. The zero-order valence-electron chi connectivity index (χ0n) is 26.5. The second-order valence-corrected chi connectivity index (χ2v) is 12.7. The number of benzene rings is 3. The number of rotatable bonds is 12. The first-order chi connectivity index (χ1) is 21.8. The van der Waals surface area contributed by atoms with E-state index < -0.39 is 0 Å². The number of nitrogens with one attached hydrogen (secondary N) is 2. The molecule has 0 aliphatic carbocycles. The van der Waals surface area contributed by atoms with Gasteiger partial charge >= 0.3 is 0 Å². The lowest BCUT2D eigenvalue weighted by atomic mass is 9.89. The Balaban J connectivity index is 1.23. The Morgan fingerprint density at radius 2 is 1.71 bits per heavy atom. The Morgan fingerprint density at radius 3 is 2.40 bits per heavy atom. The number of anilines is 1. The number of amides is 2. The maximum atomic E-state index is 13.8. The van der Waals surface area contributed by atoms with E-state index in [-0.39, 0.29) is 23.8 Å². The van der Waals surface area contributed by atoms with Gasteiger partial charge in [0.05, 0.1) is 23.0 Å². The van der Waals surface area contributed by atoms with Gasteiger partial charge in [-0.25, -0.2) is 4.68 Å². The molecular weight excluding hydrogens is 582 g/mol. The normalized spacial score (nSPS) is 14.8. The Bertz CT molecular complexity index is 1560. The maximum absolute atomic E-state index is 13.8. The van der Waals surface area contributed by atoms with Crippen molar-refractivity contribution < 1.29 is 9.59 Å². The van der Waals surface area contributed by atoms with E-state index in [2.05, 4.69) is 46.7 Å². The fraction of sp³-hybridized carbons (Fsp3) is 0.378. The smallest absolute Gasteiger partial charge is 0.255 e. The predicted octanol–water partition coefficient (Wildman–Crippen LogP) is 7.81. The lowest BCUT2D eigenvalue weighted by Crippen LogP contribution is -2.37. The lowest BCUT2D eigenvalue weighted by molar-refractivity contribution is -0.118. The van der Waals surface area contributed by atoms with Crippen molar-refractivity contribution in [1.29, 1.82) is 0 Å². The van der Waals surface area contributed by atoms with Crippen molar-refractivity contribution in [3.05, 3.63) is 112 Å². The van der Waals surface area contributed by atoms with Crippen LogP contribution in [0.4, 0.5) is 5.69 Å². The summed E-state index contributed by atoms with van der Waals surface area (Å²) in [6, 6.07) is 25.9. The summed E-state index contributed by atoms with van der Waals surface area (Å²) in [7, 11) is 0. The Morgan fingerprint density at radius 1 is 0.978 bits per heavy atom. The Kier molecular flexibility index (Phi) is 11.1. The molecule has 1 aromatic heterocycles.